The first-order valence-corrected chi connectivity index (χ1v) is 8.65. The summed E-state index contributed by atoms with van der Waals surface area (Å²) in [7, 11) is 1.83. The van der Waals surface area contributed by atoms with Crippen LogP contribution in [0.2, 0.25) is 0 Å². The predicted molar refractivity (Wildman–Crippen MR) is 91.5 cm³/mol. The maximum Gasteiger partial charge on any atom is 0.261 e. The van der Waals surface area contributed by atoms with Crippen LogP contribution >= 0.6 is 11.5 Å². The molecule has 0 radical (unpaired) electrons. The number of nitrogens with zero attached hydrogens (tertiary/aromatic N) is 4. The fraction of sp³-hybridized carbons (Fsp3) is 0.353. The van der Waals surface area contributed by atoms with Crippen LogP contribution in [0, 0.1) is 0 Å². The van der Waals surface area contributed by atoms with Gasteiger partial charge in [-0.3, -0.25) is 14.3 Å². The van der Waals surface area contributed by atoms with E-state index in [1.54, 1.807) is 4.57 Å². The van der Waals surface area contributed by atoms with Gasteiger partial charge >= 0.3 is 0 Å². The number of benzene rings is 1. The number of para-hydroxylation sites is 1. The fourth-order valence-corrected chi connectivity index (χ4v) is 3.91. The van der Waals surface area contributed by atoms with Crippen LogP contribution in [0.15, 0.2) is 40.6 Å². The molecule has 0 spiro atoms. The quantitative estimate of drug-likeness (QED) is 0.742. The first kappa shape index (κ1) is 14.5. The summed E-state index contributed by atoms with van der Waals surface area (Å²) in [4.78, 5) is 19.8. The lowest BCUT2D eigenvalue weighted by atomic mass is 10.1. The minimum absolute atomic E-state index is 0.0367. The molecule has 1 fully saturated rings. The van der Waals surface area contributed by atoms with Crippen molar-refractivity contribution in [3.8, 4) is 0 Å². The number of hydrogen-bond donors (Lipinski definition) is 0. The Hall–Kier alpha value is -2.05. The van der Waals surface area contributed by atoms with Gasteiger partial charge in [0.05, 0.1) is 16.9 Å². The molecule has 0 amide bonds. The molecular formula is C17H18N4OS. The molecule has 3 aromatic rings. The third-order valence-electron chi connectivity index (χ3n) is 4.55. The van der Waals surface area contributed by atoms with Crippen molar-refractivity contribution in [1.29, 1.82) is 0 Å². The second kappa shape index (κ2) is 5.86. The number of rotatable bonds is 3. The molecule has 1 aliphatic heterocycles. The van der Waals surface area contributed by atoms with Gasteiger partial charge in [-0.1, -0.05) is 12.1 Å². The molecule has 6 heteroatoms. The lowest BCUT2D eigenvalue weighted by molar-refractivity contribution is 0.235. The summed E-state index contributed by atoms with van der Waals surface area (Å²) in [6, 6.07) is 7.77. The minimum atomic E-state index is 0.0367. The molecule has 1 saturated heterocycles. The average molecular weight is 326 g/mol. The van der Waals surface area contributed by atoms with Gasteiger partial charge in [0, 0.05) is 25.2 Å². The molecular weight excluding hydrogens is 308 g/mol. The zero-order valence-corrected chi connectivity index (χ0v) is 13.8. The first-order valence-electron chi connectivity index (χ1n) is 7.82. The Balaban J connectivity index is 1.75. The Labute approximate surface area is 138 Å². The predicted octanol–water partition coefficient (Wildman–Crippen LogP) is 2.73. The zero-order valence-electron chi connectivity index (χ0n) is 13.0. The first-order chi connectivity index (χ1) is 11.2. The van der Waals surface area contributed by atoms with Crippen molar-refractivity contribution >= 4 is 22.4 Å². The van der Waals surface area contributed by atoms with Crippen LogP contribution in [-0.2, 0) is 13.6 Å². The largest absolute Gasteiger partial charge is 0.298 e. The lowest BCUT2D eigenvalue weighted by Crippen LogP contribution is -2.30. The molecule has 118 valence electrons. The minimum Gasteiger partial charge on any atom is -0.298 e. The molecule has 5 nitrogen and oxygen atoms in total. The topological polar surface area (TPSA) is 51.0 Å². The summed E-state index contributed by atoms with van der Waals surface area (Å²) in [5.41, 5.74) is 2.05. The second-order valence-electron chi connectivity index (χ2n) is 6.01. The van der Waals surface area contributed by atoms with Gasteiger partial charge in [0.1, 0.15) is 5.82 Å². The molecule has 0 bridgehead atoms. The van der Waals surface area contributed by atoms with Gasteiger partial charge in [0.2, 0.25) is 0 Å². The smallest absolute Gasteiger partial charge is 0.261 e. The standard InChI is InChI=1S/C17H18N4OS/c1-20-16(19-14-6-3-2-5-13(14)17(20)22)15-7-4-8-21(15)10-12-9-18-23-11-12/h2-3,5-6,9,11,15H,4,7-8,10H2,1H3. The fourth-order valence-electron chi connectivity index (χ4n) is 3.38. The van der Waals surface area contributed by atoms with E-state index in [0.29, 0.717) is 5.39 Å². The molecule has 1 atom stereocenters. The SMILES string of the molecule is Cn1c(C2CCCN2Cc2cnsc2)nc2ccccc2c1=O. The van der Waals surface area contributed by atoms with E-state index in [1.165, 1.54) is 17.1 Å². The van der Waals surface area contributed by atoms with Crippen molar-refractivity contribution in [2.75, 3.05) is 6.54 Å². The third-order valence-corrected chi connectivity index (χ3v) is 5.18. The summed E-state index contributed by atoms with van der Waals surface area (Å²) < 4.78 is 5.90. The third kappa shape index (κ3) is 2.58. The molecule has 23 heavy (non-hydrogen) atoms. The molecule has 0 N–H and O–H groups in total. The Morgan fingerprint density at radius 1 is 1.35 bits per heavy atom. The Kier molecular flexibility index (Phi) is 3.71. The molecule has 1 unspecified atom stereocenters. The number of fused-ring (bicyclic) bond motifs is 1. The molecule has 0 saturated carbocycles. The van der Waals surface area contributed by atoms with Crippen LogP contribution in [-0.4, -0.2) is 25.4 Å². The van der Waals surface area contributed by atoms with Gasteiger partial charge in [-0.15, -0.1) is 0 Å². The Morgan fingerprint density at radius 3 is 3.04 bits per heavy atom. The summed E-state index contributed by atoms with van der Waals surface area (Å²) in [6.45, 7) is 1.90. The molecule has 1 aromatic carbocycles. The van der Waals surface area contributed by atoms with Crippen molar-refractivity contribution in [3.63, 3.8) is 0 Å². The van der Waals surface area contributed by atoms with Crippen LogP contribution in [0.3, 0.4) is 0 Å². The number of aromatic nitrogens is 3. The molecule has 1 aliphatic rings. The molecule has 3 heterocycles. The normalized spacial score (nSPS) is 18.7. The maximum absolute atomic E-state index is 12.6. The number of hydrogen-bond acceptors (Lipinski definition) is 5. The highest BCUT2D eigenvalue weighted by molar-refractivity contribution is 7.03. The highest BCUT2D eigenvalue weighted by Crippen LogP contribution is 2.32. The summed E-state index contributed by atoms with van der Waals surface area (Å²) in [6.07, 6.45) is 4.09. The maximum atomic E-state index is 12.6. The highest BCUT2D eigenvalue weighted by atomic mass is 32.1. The van der Waals surface area contributed by atoms with Crippen molar-refractivity contribution in [3.05, 3.63) is 57.6 Å². The van der Waals surface area contributed by atoms with Crippen LogP contribution in [0.25, 0.3) is 10.9 Å². The van der Waals surface area contributed by atoms with Crippen molar-refractivity contribution < 1.29 is 0 Å². The van der Waals surface area contributed by atoms with Gasteiger partial charge in [0.25, 0.3) is 5.56 Å². The highest BCUT2D eigenvalue weighted by Gasteiger charge is 2.29. The summed E-state index contributed by atoms with van der Waals surface area (Å²) in [5.74, 6) is 0.870. The van der Waals surface area contributed by atoms with Crippen molar-refractivity contribution in [2.24, 2.45) is 7.05 Å². The average Bonchev–Trinajstić information content (AvgIpc) is 3.23. The van der Waals surface area contributed by atoms with Crippen molar-refractivity contribution in [2.45, 2.75) is 25.4 Å². The van der Waals surface area contributed by atoms with E-state index in [1.807, 2.05) is 37.5 Å². The van der Waals surface area contributed by atoms with Gasteiger partial charge in [0.15, 0.2) is 0 Å². The van der Waals surface area contributed by atoms with E-state index >= 15 is 0 Å². The van der Waals surface area contributed by atoms with E-state index in [4.69, 9.17) is 4.98 Å². The summed E-state index contributed by atoms with van der Waals surface area (Å²) >= 11 is 1.48. The van der Waals surface area contributed by atoms with Crippen LogP contribution in [0.4, 0.5) is 0 Å². The van der Waals surface area contributed by atoms with E-state index in [2.05, 4.69) is 14.7 Å². The Morgan fingerprint density at radius 2 is 2.22 bits per heavy atom. The molecule has 0 aliphatic carbocycles. The van der Waals surface area contributed by atoms with Gasteiger partial charge in [-0.05, 0) is 48.6 Å². The van der Waals surface area contributed by atoms with Gasteiger partial charge in [-0.25, -0.2) is 9.36 Å². The van der Waals surface area contributed by atoms with Crippen molar-refractivity contribution in [1.82, 2.24) is 18.8 Å². The molecule has 2 aromatic heterocycles. The number of likely N-dealkylation sites (tertiary alicyclic amines) is 1. The monoisotopic (exact) mass is 326 g/mol. The van der Waals surface area contributed by atoms with E-state index in [0.717, 1.165) is 37.3 Å². The Bertz CT molecular complexity index is 887. The van der Waals surface area contributed by atoms with Gasteiger partial charge in [-0.2, -0.15) is 0 Å². The second-order valence-corrected chi connectivity index (χ2v) is 6.67. The molecule has 4 rings (SSSR count). The van der Waals surface area contributed by atoms with E-state index in [-0.39, 0.29) is 11.6 Å². The van der Waals surface area contributed by atoms with E-state index in [9.17, 15) is 4.79 Å². The van der Waals surface area contributed by atoms with E-state index < -0.39 is 0 Å². The lowest BCUT2D eigenvalue weighted by Gasteiger charge is -2.25. The summed E-state index contributed by atoms with van der Waals surface area (Å²) in [5, 5.41) is 2.77. The van der Waals surface area contributed by atoms with Crippen LogP contribution in [0.5, 0.6) is 0 Å². The van der Waals surface area contributed by atoms with Gasteiger partial charge < -0.3 is 0 Å². The zero-order chi connectivity index (χ0) is 15.8. The van der Waals surface area contributed by atoms with Crippen LogP contribution < -0.4 is 5.56 Å². The van der Waals surface area contributed by atoms with Crippen LogP contribution in [0.1, 0.15) is 30.3 Å².